The lowest BCUT2D eigenvalue weighted by Crippen LogP contribution is -2.40. The number of sulfonamides is 1. The molecule has 0 aliphatic carbocycles. The van der Waals surface area contributed by atoms with Gasteiger partial charge in [-0.15, -0.1) is 0 Å². The van der Waals surface area contributed by atoms with Crippen molar-refractivity contribution in [2.24, 2.45) is 5.41 Å². The molecule has 1 aromatic carbocycles. The maximum Gasteiger partial charge on any atom is 0.246 e. The van der Waals surface area contributed by atoms with Crippen molar-refractivity contribution in [1.82, 2.24) is 4.31 Å². The smallest absolute Gasteiger partial charge is 0.246 e. The minimum absolute atomic E-state index is 0.0837. The molecule has 20 heavy (non-hydrogen) atoms. The summed E-state index contributed by atoms with van der Waals surface area (Å²) in [6.45, 7) is 5.76. The largest absolute Gasteiger partial charge is 0.495 e. The SMILES string of the molecule is COc1ccccc1S(=O)(=O)N1CC(C)(C)C(C)(O)C1. The average Bonchev–Trinajstić information content (AvgIpc) is 2.59. The molecule has 5 nitrogen and oxygen atoms in total. The first-order chi connectivity index (χ1) is 9.12. The summed E-state index contributed by atoms with van der Waals surface area (Å²) in [5.74, 6) is 0.317. The highest BCUT2D eigenvalue weighted by Crippen LogP contribution is 2.41. The van der Waals surface area contributed by atoms with Gasteiger partial charge in [-0.25, -0.2) is 8.42 Å². The van der Waals surface area contributed by atoms with Gasteiger partial charge in [0.15, 0.2) is 0 Å². The molecule has 0 amide bonds. The van der Waals surface area contributed by atoms with Gasteiger partial charge >= 0.3 is 0 Å². The minimum atomic E-state index is -3.68. The number of ether oxygens (including phenoxy) is 1. The van der Waals surface area contributed by atoms with Crippen LogP contribution in [0.3, 0.4) is 0 Å². The summed E-state index contributed by atoms with van der Waals surface area (Å²) < 4.78 is 31.9. The second-order valence-corrected chi connectivity index (χ2v) is 7.99. The molecule has 1 N–H and O–H groups in total. The van der Waals surface area contributed by atoms with Crippen LogP contribution in [0.2, 0.25) is 0 Å². The van der Waals surface area contributed by atoms with Gasteiger partial charge in [-0.3, -0.25) is 0 Å². The van der Waals surface area contributed by atoms with Crippen LogP contribution in [-0.2, 0) is 10.0 Å². The van der Waals surface area contributed by atoms with Crippen molar-refractivity contribution < 1.29 is 18.3 Å². The summed E-state index contributed by atoms with van der Waals surface area (Å²) in [7, 11) is -2.23. The Bertz CT molecular complexity index is 591. The fourth-order valence-corrected chi connectivity index (χ4v) is 4.21. The molecule has 2 rings (SSSR count). The number of nitrogens with zero attached hydrogens (tertiary/aromatic N) is 1. The minimum Gasteiger partial charge on any atom is -0.495 e. The normalized spacial score (nSPS) is 26.6. The highest BCUT2D eigenvalue weighted by molar-refractivity contribution is 7.89. The van der Waals surface area contributed by atoms with Gasteiger partial charge in [-0.1, -0.05) is 26.0 Å². The molecule has 0 aromatic heterocycles. The summed E-state index contributed by atoms with van der Waals surface area (Å²) in [6.07, 6.45) is 0. The quantitative estimate of drug-likeness (QED) is 0.918. The zero-order chi connectivity index (χ0) is 15.2. The second-order valence-electron chi connectivity index (χ2n) is 6.08. The number of benzene rings is 1. The standard InChI is InChI=1S/C14H21NO4S/c1-13(2)9-15(10-14(13,3)16)20(17,18)12-8-6-5-7-11(12)19-4/h5-8,16H,9-10H2,1-4H3. The lowest BCUT2D eigenvalue weighted by atomic mass is 9.79. The summed E-state index contributed by atoms with van der Waals surface area (Å²) in [5.41, 5.74) is -1.55. The van der Waals surface area contributed by atoms with Crippen molar-refractivity contribution >= 4 is 10.0 Å². The maximum absolute atomic E-state index is 12.7. The van der Waals surface area contributed by atoms with Crippen molar-refractivity contribution in [2.45, 2.75) is 31.3 Å². The Hall–Kier alpha value is -1.11. The second kappa shape index (κ2) is 4.72. The summed E-state index contributed by atoms with van der Waals surface area (Å²) in [5, 5.41) is 10.4. The Kier molecular flexibility index (Phi) is 3.60. The van der Waals surface area contributed by atoms with E-state index in [0.29, 0.717) is 5.75 Å². The van der Waals surface area contributed by atoms with Gasteiger partial charge in [0.1, 0.15) is 10.6 Å². The zero-order valence-electron chi connectivity index (χ0n) is 12.3. The van der Waals surface area contributed by atoms with Crippen molar-refractivity contribution in [3.8, 4) is 5.75 Å². The lowest BCUT2D eigenvalue weighted by Gasteiger charge is -2.31. The molecular weight excluding hydrogens is 278 g/mol. The van der Waals surface area contributed by atoms with Crippen molar-refractivity contribution in [2.75, 3.05) is 20.2 Å². The van der Waals surface area contributed by atoms with Crippen LogP contribution in [0.25, 0.3) is 0 Å². The van der Waals surface area contributed by atoms with Gasteiger partial charge in [0.05, 0.1) is 12.7 Å². The van der Waals surface area contributed by atoms with Crippen molar-refractivity contribution in [3.05, 3.63) is 24.3 Å². The van der Waals surface area contributed by atoms with Crippen LogP contribution in [0.4, 0.5) is 0 Å². The number of methoxy groups -OCH3 is 1. The molecule has 1 heterocycles. The Morgan fingerprint density at radius 1 is 1.20 bits per heavy atom. The van der Waals surface area contributed by atoms with Crippen LogP contribution in [0.15, 0.2) is 29.2 Å². The van der Waals surface area contributed by atoms with E-state index in [1.807, 2.05) is 13.8 Å². The molecule has 1 atom stereocenters. The highest BCUT2D eigenvalue weighted by Gasteiger charge is 2.51. The van der Waals surface area contributed by atoms with E-state index in [2.05, 4.69) is 0 Å². The van der Waals surface area contributed by atoms with E-state index in [9.17, 15) is 13.5 Å². The van der Waals surface area contributed by atoms with Crippen LogP contribution in [0.1, 0.15) is 20.8 Å². The van der Waals surface area contributed by atoms with Crippen LogP contribution < -0.4 is 4.74 Å². The number of hydrogen-bond acceptors (Lipinski definition) is 4. The molecule has 1 aromatic rings. The van der Waals surface area contributed by atoms with Gasteiger partial charge in [0.2, 0.25) is 10.0 Å². The lowest BCUT2D eigenvalue weighted by molar-refractivity contribution is -0.0100. The van der Waals surface area contributed by atoms with Gasteiger partial charge in [-0.05, 0) is 19.1 Å². The van der Waals surface area contributed by atoms with E-state index in [-0.39, 0.29) is 18.0 Å². The van der Waals surface area contributed by atoms with E-state index in [0.717, 1.165) is 0 Å². The van der Waals surface area contributed by atoms with Gasteiger partial charge in [0, 0.05) is 18.5 Å². The Morgan fingerprint density at radius 2 is 1.80 bits per heavy atom. The number of aliphatic hydroxyl groups is 1. The maximum atomic E-state index is 12.7. The Balaban J connectivity index is 2.43. The molecular formula is C14H21NO4S. The summed E-state index contributed by atoms with van der Waals surface area (Å²) in [4.78, 5) is 0.135. The average molecular weight is 299 g/mol. The van der Waals surface area contributed by atoms with Gasteiger partial charge in [0.25, 0.3) is 0 Å². The topological polar surface area (TPSA) is 66.8 Å². The molecule has 0 radical (unpaired) electrons. The first kappa shape index (κ1) is 15.3. The summed E-state index contributed by atoms with van der Waals surface area (Å²) in [6, 6.07) is 6.52. The third-order valence-corrected chi connectivity index (χ3v) is 6.03. The molecule has 1 saturated heterocycles. The van der Waals surface area contributed by atoms with Crippen LogP contribution >= 0.6 is 0 Å². The molecule has 0 spiro atoms. The monoisotopic (exact) mass is 299 g/mol. The predicted molar refractivity (Wildman–Crippen MR) is 76.2 cm³/mol. The van der Waals surface area contributed by atoms with E-state index < -0.39 is 21.0 Å². The molecule has 1 fully saturated rings. The van der Waals surface area contributed by atoms with Crippen molar-refractivity contribution in [1.29, 1.82) is 0 Å². The fraction of sp³-hybridized carbons (Fsp3) is 0.571. The molecule has 0 saturated carbocycles. The first-order valence-electron chi connectivity index (χ1n) is 6.47. The Labute approximate surface area is 120 Å². The van der Waals surface area contributed by atoms with E-state index in [1.54, 1.807) is 25.1 Å². The number of rotatable bonds is 3. The number of β-amino-alcohol motifs (C(OH)–C–C–N with tert-alkyl or cyclic N) is 1. The van der Waals surface area contributed by atoms with Gasteiger partial charge in [-0.2, -0.15) is 4.31 Å². The number of hydrogen-bond donors (Lipinski definition) is 1. The van der Waals surface area contributed by atoms with Gasteiger partial charge < -0.3 is 9.84 Å². The number of para-hydroxylation sites is 1. The molecule has 1 aliphatic rings. The third-order valence-electron chi connectivity index (χ3n) is 4.20. The van der Waals surface area contributed by atoms with E-state index in [1.165, 1.54) is 17.5 Å². The van der Waals surface area contributed by atoms with E-state index >= 15 is 0 Å². The molecule has 1 unspecified atom stereocenters. The first-order valence-corrected chi connectivity index (χ1v) is 7.91. The summed E-state index contributed by atoms with van der Waals surface area (Å²) >= 11 is 0. The third kappa shape index (κ3) is 2.32. The van der Waals surface area contributed by atoms with Crippen LogP contribution in [-0.4, -0.2) is 43.6 Å². The van der Waals surface area contributed by atoms with E-state index in [4.69, 9.17) is 4.74 Å². The molecule has 0 bridgehead atoms. The predicted octanol–water partition coefficient (Wildman–Crippen LogP) is 1.48. The molecule has 112 valence electrons. The molecule has 6 heteroatoms. The van der Waals surface area contributed by atoms with Crippen LogP contribution in [0, 0.1) is 5.41 Å². The van der Waals surface area contributed by atoms with Crippen molar-refractivity contribution in [3.63, 3.8) is 0 Å². The molecule has 1 aliphatic heterocycles. The zero-order valence-corrected chi connectivity index (χ0v) is 13.1. The highest BCUT2D eigenvalue weighted by atomic mass is 32.2. The fourth-order valence-electron chi connectivity index (χ4n) is 2.37. The van der Waals surface area contributed by atoms with Crippen LogP contribution in [0.5, 0.6) is 5.75 Å². The Morgan fingerprint density at radius 3 is 2.30 bits per heavy atom.